The molecule has 6 aromatic carbocycles. The van der Waals surface area contributed by atoms with Crippen LogP contribution in [0.25, 0.3) is 27.5 Å². The van der Waals surface area contributed by atoms with Crippen molar-refractivity contribution in [1.82, 2.24) is 4.57 Å². The van der Waals surface area contributed by atoms with E-state index in [9.17, 15) is 0 Å². The molecule has 3 heteroatoms. The van der Waals surface area contributed by atoms with Crippen molar-refractivity contribution in [2.75, 3.05) is 0 Å². The van der Waals surface area contributed by atoms with Crippen molar-refractivity contribution >= 4 is 31.8 Å². The molecular formula is C36H25NOS. The summed E-state index contributed by atoms with van der Waals surface area (Å²) in [7, 11) is -1.84. The average molecular weight is 520 g/mol. The molecule has 2 heterocycles. The maximum absolute atomic E-state index is 6.76. The number of hydrogen-bond donors (Lipinski definition) is 0. The summed E-state index contributed by atoms with van der Waals surface area (Å²) in [5, 5.41) is 2.42. The SMILES string of the molecule is c1ccc(-n2c3ccccc3c3cc4c(cc32)S(c2ccccc2)(c2ccccc2)c2ccccc2O4)cc1. The molecule has 7 aromatic rings. The predicted molar refractivity (Wildman–Crippen MR) is 161 cm³/mol. The number of aromatic nitrogens is 1. The van der Waals surface area contributed by atoms with Crippen molar-refractivity contribution in [3.8, 4) is 17.2 Å². The monoisotopic (exact) mass is 519 g/mol. The van der Waals surface area contributed by atoms with Crippen LogP contribution in [0.15, 0.2) is 171 Å². The van der Waals surface area contributed by atoms with Gasteiger partial charge in [0.25, 0.3) is 0 Å². The van der Waals surface area contributed by atoms with Crippen LogP contribution in [0.3, 0.4) is 0 Å². The summed E-state index contributed by atoms with van der Waals surface area (Å²) < 4.78 is 9.15. The van der Waals surface area contributed by atoms with Gasteiger partial charge in [-0.3, -0.25) is 0 Å². The molecule has 0 bridgehead atoms. The lowest BCUT2D eigenvalue weighted by Gasteiger charge is -2.45. The van der Waals surface area contributed by atoms with Crippen molar-refractivity contribution in [2.45, 2.75) is 19.6 Å². The number of para-hydroxylation sites is 3. The Morgan fingerprint density at radius 3 is 1.74 bits per heavy atom. The molecule has 1 aliphatic rings. The maximum atomic E-state index is 6.76. The zero-order valence-electron chi connectivity index (χ0n) is 21.2. The molecule has 186 valence electrons. The second-order valence-electron chi connectivity index (χ2n) is 9.79. The Balaban J connectivity index is 1.57. The molecule has 1 aliphatic heterocycles. The molecule has 0 atom stereocenters. The number of hydrogen-bond acceptors (Lipinski definition) is 1. The third kappa shape index (κ3) is 3.17. The van der Waals surface area contributed by atoms with Crippen molar-refractivity contribution in [2.24, 2.45) is 0 Å². The Hall–Kier alpha value is -4.73. The first-order valence-electron chi connectivity index (χ1n) is 13.2. The lowest BCUT2D eigenvalue weighted by Crippen LogP contribution is -2.12. The van der Waals surface area contributed by atoms with Gasteiger partial charge in [-0.25, -0.2) is 0 Å². The predicted octanol–water partition coefficient (Wildman–Crippen LogP) is 10.2. The molecule has 0 radical (unpaired) electrons. The normalized spacial score (nSPS) is 14.4. The number of fused-ring (bicyclic) bond motifs is 5. The first-order chi connectivity index (χ1) is 19.4. The quantitative estimate of drug-likeness (QED) is 0.226. The minimum atomic E-state index is -1.84. The standard InChI is InChI=1S/C36H25NOS/c1-4-14-26(15-5-1)37-31-21-11-10-20-29(31)30-24-34-36(25-32(30)37)39(27-16-6-2-7-17-27,28-18-8-3-9-19-28)35-23-13-12-22-33(35)38-34/h1-25H. The van der Waals surface area contributed by atoms with Gasteiger partial charge < -0.3 is 9.30 Å². The van der Waals surface area contributed by atoms with Crippen LogP contribution in [0.5, 0.6) is 11.5 Å². The third-order valence-electron chi connectivity index (χ3n) is 7.67. The molecule has 0 N–H and O–H groups in total. The van der Waals surface area contributed by atoms with Crippen LogP contribution in [-0.4, -0.2) is 4.57 Å². The summed E-state index contributed by atoms with van der Waals surface area (Å²) in [6, 6.07) is 54.6. The minimum absolute atomic E-state index is 0.929. The van der Waals surface area contributed by atoms with Crippen molar-refractivity contribution in [3.05, 3.63) is 152 Å². The Bertz CT molecular complexity index is 1940. The molecule has 0 saturated heterocycles. The van der Waals surface area contributed by atoms with Gasteiger partial charge in [-0.05, 0) is 66.7 Å². The van der Waals surface area contributed by atoms with Crippen molar-refractivity contribution < 1.29 is 4.74 Å². The van der Waals surface area contributed by atoms with Crippen LogP contribution < -0.4 is 4.74 Å². The molecule has 0 amide bonds. The highest BCUT2D eigenvalue weighted by Crippen LogP contribution is 2.79. The van der Waals surface area contributed by atoms with E-state index in [1.165, 1.54) is 41.4 Å². The highest BCUT2D eigenvalue weighted by molar-refractivity contribution is 8.34. The van der Waals surface area contributed by atoms with Crippen LogP contribution in [0.2, 0.25) is 0 Å². The summed E-state index contributed by atoms with van der Waals surface area (Å²) in [6.07, 6.45) is 0. The molecule has 1 aromatic heterocycles. The lowest BCUT2D eigenvalue weighted by atomic mass is 10.1. The van der Waals surface area contributed by atoms with E-state index in [4.69, 9.17) is 4.74 Å². The van der Waals surface area contributed by atoms with E-state index in [1.54, 1.807) is 0 Å². The lowest BCUT2D eigenvalue weighted by molar-refractivity contribution is 0.453. The van der Waals surface area contributed by atoms with Crippen LogP contribution in [0.4, 0.5) is 0 Å². The van der Waals surface area contributed by atoms with Crippen molar-refractivity contribution in [3.63, 3.8) is 0 Å². The topological polar surface area (TPSA) is 14.2 Å². The van der Waals surface area contributed by atoms with E-state index in [1.807, 2.05) is 0 Å². The number of ether oxygens (including phenoxy) is 1. The number of rotatable bonds is 3. The third-order valence-corrected chi connectivity index (χ3v) is 11.6. The molecule has 0 aliphatic carbocycles. The van der Waals surface area contributed by atoms with Crippen molar-refractivity contribution in [1.29, 1.82) is 0 Å². The molecule has 0 spiro atoms. The highest BCUT2D eigenvalue weighted by atomic mass is 32.3. The first-order valence-corrected chi connectivity index (χ1v) is 14.8. The Kier molecular flexibility index (Phi) is 4.94. The van der Waals surface area contributed by atoms with Crippen LogP contribution in [0, 0.1) is 0 Å². The van der Waals surface area contributed by atoms with Crippen LogP contribution in [-0.2, 0) is 0 Å². The second kappa shape index (κ2) is 8.65. The summed E-state index contributed by atoms with van der Waals surface area (Å²) in [6.45, 7) is 0. The highest BCUT2D eigenvalue weighted by Gasteiger charge is 2.41. The molecular weight excluding hydrogens is 494 g/mol. The van der Waals surface area contributed by atoms with Gasteiger partial charge in [0.15, 0.2) is 0 Å². The van der Waals surface area contributed by atoms with Gasteiger partial charge in [-0.1, -0.05) is 84.9 Å². The number of benzene rings is 6. The van der Waals surface area contributed by atoms with Gasteiger partial charge in [0.1, 0.15) is 11.5 Å². The average Bonchev–Trinajstić information content (AvgIpc) is 3.33. The zero-order valence-corrected chi connectivity index (χ0v) is 22.0. The summed E-state index contributed by atoms with van der Waals surface area (Å²) in [5.74, 6) is 1.86. The smallest absolute Gasteiger partial charge is 0.141 e. The fourth-order valence-electron chi connectivity index (χ4n) is 6.07. The molecule has 39 heavy (non-hydrogen) atoms. The largest absolute Gasteiger partial charge is 0.455 e. The molecule has 0 saturated carbocycles. The van der Waals surface area contributed by atoms with E-state index in [0.717, 1.165) is 17.2 Å². The van der Waals surface area contributed by atoms with Gasteiger partial charge in [0.2, 0.25) is 0 Å². The maximum Gasteiger partial charge on any atom is 0.141 e. The van der Waals surface area contributed by atoms with Gasteiger partial charge in [-0.15, -0.1) is 10.0 Å². The van der Waals surface area contributed by atoms with Gasteiger partial charge in [-0.2, -0.15) is 0 Å². The summed E-state index contributed by atoms with van der Waals surface area (Å²) in [5.41, 5.74) is 3.53. The Morgan fingerprint density at radius 2 is 1.03 bits per heavy atom. The number of nitrogens with zero attached hydrogens (tertiary/aromatic N) is 1. The van der Waals surface area contributed by atoms with Gasteiger partial charge in [0.05, 0.1) is 11.0 Å². The second-order valence-corrected chi connectivity index (χ2v) is 12.8. The fourth-order valence-corrected chi connectivity index (χ4v) is 10.1. The van der Waals surface area contributed by atoms with Gasteiger partial charge in [0, 0.05) is 36.0 Å². The fraction of sp³-hybridized carbons (Fsp3) is 0. The van der Waals surface area contributed by atoms with Gasteiger partial charge >= 0.3 is 0 Å². The van der Waals surface area contributed by atoms with E-state index in [2.05, 4.69) is 156 Å². The molecule has 8 rings (SSSR count). The Morgan fingerprint density at radius 1 is 0.436 bits per heavy atom. The molecule has 0 fully saturated rings. The van der Waals surface area contributed by atoms with E-state index in [-0.39, 0.29) is 0 Å². The first kappa shape index (κ1) is 22.3. The summed E-state index contributed by atoms with van der Waals surface area (Å²) >= 11 is 0. The van der Waals surface area contributed by atoms with Crippen LogP contribution in [0.1, 0.15) is 0 Å². The van der Waals surface area contributed by atoms with E-state index < -0.39 is 10.0 Å². The van der Waals surface area contributed by atoms with E-state index in [0.29, 0.717) is 0 Å². The zero-order chi connectivity index (χ0) is 25.8. The summed E-state index contributed by atoms with van der Waals surface area (Å²) in [4.78, 5) is 5.06. The minimum Gasteiger partial charge on any atom is -0.455 e. The van der Waals surface area contributed by atoms with Crippen LogP contribution >= 0.6 is 10.0 Å². The Labute approximate surface area is 229 Å². The molecule has 2 nitrogen and oxygen atoms in total. The van der Waals surface area contributed by atoms with E-state index >= 15 is 0 Å². The molecule has 0 unspecified atom stereocenters.